The first kappa shape index (κ1) is 12.7. The fourth-order valence-corrected chi connectivity index (χ4v) is 4.47. The summed E-state index contributed by atoms with van der Waals surface area (Å²) in [5.41, 5.74) is 1.22. The molecule has 1 N–H and O–H groups in total. The van der Waals surface area contributed by atoms with Gasteiger partial charge in [-0.05, 0) is 25.7 Å². The Hall–Kier alpha value is -1.05. The van der Waals surface area contributed by atoms with Crippen LogP contribution >= 0.6 is 22.7 Å². The van der Waals surface area contributed by atoms with Crippen molar-refractivity contribution >= 4 is 27.8 Å². The molecule has 1 atom stereocenters. The SMILES string of the molecule is CNc1nnc(-c2sc(C3CCCO3)nc2C2CC2)s1. The van der Waals surface area contributed by atoms with Crippen LogP contribution in [0.2, 0.25) is 0 Å². The third kappa shape index (κ3) is 2.23. The van der Waals surface area contributed by atoms with E-state index >= 15 is 0 Å². The van der Waals surface area contributed by atoms with Crippen molar-refractivity contribution in [2.24, 2.45) is 0 Å². The largest absolute Gasteiger partial charge is 0.371 e. The summed E-state index contributed by atoms with van der Waals surface area (Å²) in [5.74, 6) is 0.623. The molecule has 0 amide bonds. The fourth-order valence-electron chi connectivity index (χ4n) is 2.46. The lowest BCUT2D eigenvalue weighted by Crippen LogP contribution is -1.94. The molecule has 3 heterocycles. The Morgan fingerprint density at radius 1 is 1.20 bits per heavy atom. The van der Waals surface area contributed by atoms with Crippen LogP contribution in [-0.2, 0) is 4.74 Å². The topological polar surface area (TPSA) is 59.9 Å². The summed E-state index contributed by atoms with van der Waals surface area (Å²) >= 11 is 3.34. The third-order valence-electron chi connectivity index (χ3n) is 3.67. The van der Waals surface area contributed by atoms with Gasteiger partial charge in [0.15, 0.2) is 5.01 Å². The summed E-state index contributed by atoms with van der Waals surface area (Å²) in [7, 11) is 1.87. The zero-order chi connectivity index (χ0) is 13.5. The van der Waals surface area contributed by atoms with Gasteiger partial charge in [-0.15, -0.1) is 21.5 Å². The van der Waals surface area contributed by atoms with Gasteiger partial charge in [-0.3, -0.25) is 0 Å². The first-order chi connectivity index (χ1) is 9.85. The second kappa shape index (κ2) is 5.05. The Morgan fingerprint density at radius 3 is 2.75 bits per heavy atom. The number of rotatable bonds is 4. The van der Waals surface area contributed by atoms with Crippen LogP contribution in [0.4, 0.5) is 5.13 Å². The van der Waals surface area contributed by atoms with E-state index < -0.39 is 0 Å². The second-order valence-electron chi connectivity index (χ2n) is 5.20. The summed E-state index contributed by atoms with van der Waals surface area (Å²) in [6.07, 6.45) is 4.93. The quantitative estimate of drug-likeness (QED) is 0.937. The average Bonchev–Trinajstić information content (AvgIpc) is 2.92. The molecule has 0 aromatic carbocycles. The standard InChI is InChI=1S/C13H16N4OS2/c1-14-13-17-16-12(20-13)10-9(7-4-5-7)15-11(19-10)8-3-2-6-18-8/h7-8H,2-6H2,1H3,(H,14,17). The van der Waals surface area contributed by atoms with E-state index in [1.54, 1.807) is 22.7 Å². The molecular formula is C13H16N4OS2. The maximum atomic E-state index is 5.77. The van der Waals surface area contributed by atoms with Crippen molar-refractivity contribution in [3.63, 3.8) is 0 Å². The molecule has 0 radical (unpaired) electrons. The van der Waals surface area contributed by atoms with E-state index in [-0.39, 0.29) is 6.10 Å². The molecule has 20 heavy (non-hydrogen) atoms. The van der Waals surface area contributed by atoms with E-state index in [2.05, 4.69) is 15.5 Å². The number of aromatic nitrogens is 3. The average molecular weight is 308 g/mol. The Bertz CT molecular complexity index is 614. The summed E-state index contributed by atoms with van der Waals surface area (Å²) in [5, 5.41) is 14.5. The minimum atomic E-state index is 0.197. The molecule has 1 saturated carbocycles. The predicted molar refractivity (Wildman–Crippen MR) is 80.5 cm³/mol. The van der Waals surface area contributed by atoms with Gasteiger partial charge in [-0.2, -0.15) is 0 Å². The van der Waals surface area contributed by atoms with E-state index in [0.29, 0.717) is 5.92 Å². The highest BCUT2D eigenvalue weighted by Crippen LogP contribution is 2.48. The van der Waals surface area contributed by atoms with Crippen LogP contribution in [0, 0.1) is 0 Å². The molecular weight excluding hydrogens is 292 g/mol. The highest BCUT2D eigenvalue weighted by Gasteiger charge is 2.33. The molecule has 2 aromatic rings. The third-order valence-corrected chi connectivity index (χ3v) is 5.93. The summed E-state index contributed by atoms with van der Waals surface area (Å²) in [6.45, 7) is 0.862. The van der Waals surface area contributed by atoms with Crippen molar-refractivity contribution in [3.8, 4) is 9.88 Å². The maximum absolute atomic E-state index is 5.77. The molecule has 1 aliphatic heterocycles. The van der Waals surface area contributed by atoms with Gasteiger partial charge in [-0.25, -0.2) is 4.98 Å². The molecule has 7 heteroatoms. The number of nitrogens with zero attached hydrogens (tertiary/aromatic N) is 3. The molecule has 1 aliphatic carbocycles. The van der Waals surface area contributed by atoms with Crippen LogP contribution in [0.25, 0.3) is 9.88 Å². The molecule has 0 bridgehead atoms. The van der Waals surface area contributed by atoms with Crippen molar-refractivity contribution in [3.05, 3.63) is 10.7 Å². The maximum Gasteiger partial charge on any atom is 0.205 e. The van der Waals surface area contributed by atoms with Crippen molar-refractivity contribution in [1.29, 1.82) is 0 Å². The van der Waals surface area contributed by atoms with Gasteiger partial charge in [0, 0.05) is 19.6 Å². The van der Waals surface area contributed by atoms with Crippen LogP contribution < -0.4 is 5.32 Å². The smallest absolute Gasteiger partial charge is 0.205 e. The van der Waals surface area contributed by atoms with Crippen molar-refractivity contribution in [2.75, 3.05) is 19.0 Å². The Labute approximate surface area is 125 Å². The summed E-state index contributed by atoms with van der Waals surface area (Å²) < 4.78 is 5.77. The van der Waals surface area contributed by atoms with Crippen molar-refractivity contribution in [1.82, 2.24) is 15.2 Å². The molecule has 1 saturated heterocycles. The van der Waals surface area contributed by atoms with Gasteiger partial charge in [0.05, 0.1) is 10.6 Å². The van der Waals surface area contributed by atoms with Gasteiger partial charge in [0.25, 0.3) is 0 Å². The molecule has 2 aromatic heterocycles. The zero-order valence-corrected chi connectivity index (χ0v) is 12.9. The molecule has 4 rings (SSSR count). The predicted octanol–water partition coefficient (Wildman–Crippen LogP) is 3.43. The highest BCUT2D eigenvalue weighted by molar-refractivity contribution is 7.23. The molecule has 106 valence electrons. The molecule has 2 fully saturated rings. The summed E-state index contributed by atoms with van der Waals surface area (Å²) in [6, 6.07) is 0. The minimum absolute atomic E-state index is 0.197. The normalized spacial score (nSPS) is 22.4. The van der Waals surface area contributed by atoms with Crippen LogP contribution in [-0.4, -0.2) is 28.8 Å². The van der Waals surface area contributed by atoms with Crippen LogP contribution in [0.3, 0.4) is 0 Å². The van der Waals surface area contributed by atoms with Crippen LogP contribution in [0.1, 0.15) is 48.4 Å². The van der Waals surface area contributed by atoms with Crippen LogP contribution in [0.15, 0.2) is 0 Å². The van der Waals surface area contributed by atoms with Gasteiger partial charge in [0.1, 0.15) is 11.1 Å². The number of thiazole rings is 1. The van der Waals surface area contributed by atoms with Crippen molar-refractivity contribution < 1.29 is 4.74 Å². The zero-order valence-electron chi connectivity index (χ0n) is 11.3. The Balaban J connectivity index is 1.72. The first-order valence-corrected chi connectivity index (χ1v) is 8.62. The lowest BCUT2D eigenvalue weighted by molar-refractivity contribution is 0.111. The molecule has 5 nitrogen and oxygen atoms in total. The van der Waals surface area contributed by atoms with Gasteiger partial charge >= 0.3 is 0 Å². The number of anilines is 1. The molecule has 0 spiro atoms. The Kier molecular flexibility index (Phi) is 3.20. The van der Waals surface area contributed by atoms with Crippen LogP contribution in [0.5, 0.6) is 0 Å². The fraction of sp³-hybridized carbons (Fsp3) is 0.615. The summed E-state index contributed by atoms with van der Waals surface area (Å²) in [4.78, 5) is 6.08. The minimum Gasteiger partial charge on any atom is -0.371 e. The van der Waals surface area contributed by atoms with E-state index in [4.69, 9.17) is 9.72 Å². The van der Waals surface area contributed by atoms with E-state index in [1.165, 1.54) is 23.4 Å². The first-order valence-electron chi connectivity index (χ1n) is 6.99. The van der Waals surface area contributed by atoms with E-state index in [0.717, 1.165) is 34.6 Å². The second-order valence-corrected chi connectivity index (χ2v) is 7.21. The van der Waals surface area contributed by atoms with Crippen molar-refractivity contribution in [2.45, 2.75) is 37.7 Å². The van der Waals surface area contributed by atoms with Gasteiger partial charge < -0.3 is 10.1 Å². The molecule has 2 aliphatic rings. The number of hydrogen-bond donors (Lipinski definition) is 1. The highest BCUT2D eigenvalue weighted by atomic mass is 32.1. The van der Waals surface area contributed by atoms with E-state index in [9.17, 15) is 0 Å². The lowest BCUT2D eigenvalue weighted by Gasteiger charge is -2.03. The number of hydrogen-bond acceptors (Lipinski definition) is 7. The number of nitrogens with one attached hydrogen (secondary N) is 1. The van der Waals surface area contributed by atoms with E-state index in [1.807, 2.05) is 7.05 Å². The monoisotopic (exact) mass is 308 g/mol. The Morgan fingerprint density at radius 2 is 2.10 bits per heavy atom. The lowest BCUT2D eigenvalue weighted by atomic mass is 10.2. The number of ether oxygens (including phenoxy) is 1. The van der Waals surface area contributed by atoms with Gasteiger partial charge in [-0.1, -0.05) is 11.3 Å². The molecule has 1 unspecified atom stereocenters. The van der Waals surface area contributed by atoms with Gasteiger partial charge in [0.2, 0.25) is 5.13 Å².